The van der Waals surface area contributed by atoms with Crippen LogP contribution in [0.3, 0.4) is 0 Å². The third-order valence-corrected chi connectivity index (χ3v) is 7.06. The lowest BCUT2D eigenvalue weighted by atomic mass is 9.88. The second-order valence-corrected chi connectivity index (χ2v) is 8.88. The van der Waals surface area contributed by atoms with Crippen LogP contribution in [0.2, 0.25) is 0 Å². The Labute approximate surface area is 180 Å². The van der Waals surface area contributed by atoms with Gasteiger partial charge in [-0.1, -0.05) is 12.1 Å². The standard InChI is InChI=1S/C24H26F3N3O/c1-28-13-14-30-20-9-11-29(15-19(20)18-3-2-4-21(28)22(18)30)12-10-24(26,27)23(31)16-5-7-17(25)8-6-16/h2-8,19-20H,9-15H2,1H3. The van der Waals surface area contributed by atoms with Gasteiger partial charge in [-0.25, -0.2) is 4.39 Å². The van der Waals surface area contributed by atoms with Crippen LogP contribution in [0.4, 0.5) is 24.5 Å². The number of nitrogens with zero attached hydrogens (tertiary/aromatic N) is 3. The van der Waals surface area contributed by atoms with Crippen molar-refractivity contribution in [3.05, 3.63) is 59.4 Å². The van der Waals surface area contributed by atoms with Gasteiger partial charge in [0.15, 0.2) is 0 Å². The van der Waals surface area contributed by atoms with E-state index >= 15 is 0 Å². The Bertz CT molecular complexity index is 994. The van der Waals surface area contributed by atoms with Crippen molar-refractivity contribution in [3.63, 3.8) is 0 Å². The molecule has 7 heteroatoms. The first-order chi connectivity index (χ1) is 14.8. The number of likely N-dealkylation sites (N-methyl/N-ethyl adjacent to an activating group) is 1. The predicted molar refractivity (Wildman–Crippen MR) is 115 cm³/mol. The van der Waals surface area contributed by atoms with Crippen molar-refractivity contribution in [1.82, 2.24) is 4.90 Å². The molecule has 0 bridgehead atoms. The zero-order valence-corrected chi connectivity index (χ0v) is 17.5. The van der Waals surface area contributed by atoms with Gasteiger partial charge in [-0.05, 0) is 42.3 Å². The summed E-state index contributed by atoms with van der Waals surface area (Å²) in [4.78, 5) is 19.1. The highest BCUT2D eigenvalue weighted by Crippen LogP contribution is 2.50. The van der Waals surface area contributed by atoms with Crippen LogP contribution in [0.5, 0.6) is 0 Å². The zero-order valence-electron chi connectivity index (χ0n) is 17.5. The summed E-state index contributed by atoms with van der Waals surface area (Å²) >= 11 is 0. The highest BCUT2D eigenvalue weighted by molar-refractivity contribution is 6.01. The van der Waals surface area contributed by atoms with Gasteiger partial charge in [0.05, 0.1) is 11.4 Å². The topological polar surface area (TPSA) is 26.8 Å². The Balaban J connectivity index is 1.28. The summed E-state index contributed by atoms with van der Waals surface area (Å²) in [5, 5.41) is 0. The summed E-state index contributed by atoms with van der Waals surface area (Å²) in [6.45, 7) is 3.62. The van der Waals surface area contributed by atoms with Crippen LogP contribution in [0.1, 0.15) is 34.7 Å². The molecule has 2 aromatic carbocycles. The molecule has 0 radical (unpaired) electrons. The van der Waals surface area contributed by atoms with Crippen LogP contribution in [0.25, 0.3) is 0 Å². The Morgan fingerprint density at radius 1 is 1.10 bits per heavy atom. The van der Waals surface area contributed by atoms with Crippen LogP contribution in [-0.2, 0) is 0 Å². The number of likely N-dealkylation sites (tertiary alicyclic amines) is 1. The molecule has 0 saturated carbocycles. The quantitative estimate of drug-likeness (QED) is 0.667. The number of rotatable bonds is 5. The maximum atomic E-state index is 14.6. The summed E-state index contributed by atoms with van der Waals surface area (Å²) in [5.74, 6) is -4.95. The molecule has 0 N–H and O–H groups in total. The minimum absolute atomic E-state index is 0.152. The average molecular weight is 429 g/mol. The number of benzene rings is 2. The number of Topliss-reactive ketones (excluding diaryl/α,β-unsaturated/α-hetero) is 1. The number of para-hydroxylation sites is 1. The molecule has 2 aromatic rings. The smallest absolute Gasteiger partial charge is 0.310 e. The summed E-state index contributed by atoms with van der Waals surface area (Å²) in [6, 6.07) is 11.2. The fourth-order valence-corrected chi connectivity index (χ4v) is 5.40. The Morgan fingerprint density at radius 3 is 2.65 bits per heavy atom. The Kier molecular flexibility index (Phi) is 4.96. The lowest BCUT2D eigenvalue weighted by molar-refractivity contribution is -0.00272. The van der Waals surface area contributed by atoms with Crippen molar-refractivity contribution >= 4 is 17.2 Å². The number of anilines is 2. The predicted octanol–water partition coefficient (Wildman–Crippen LogP) is 4.16. The molecule has 3 aliphatic rings. The molecule has 2 unspecified atom stereocenters. The monoisotopic (exact) mass is 429 g/mol. The fraction of sp³-hybridized carbons (Fsp3) is 0.458. The van der Waals surface area contributed by atoms with Gasteiger partial charge in [-0.15, -0.1) is 0 Å². The Hall–Kier alpha value is -2.54. The van der Waals surface area contributed by atoms with Gasteiger partial charge < -0.3 is 14.7 Å². The van der Waals surface area contributed by atoms with Gasteiger partial charge in [-0.3, -0.25) is 4.79 Å². The number of halogens is 3. The van der Waals surface area contributed by atoms with Crippen molar-refractivity contribution in [2.75, 3.05) is 49.6 Å². The molecule has 164 valence electrons. The first-order valence-electron chi connectivity index (χ1n) is 10.9. The maximum absolute atomic E-state index is 14.6. The number of alkyl halides is 2. The first kappa shape index (κ1) is 20.4. The summed E-state index contributed by atoms with van der Waals surface area (Å²) in [7, 11) is 2.11. The van der Waals surface area contributed by atoms with E-state index in [1.54, 1.807) is 0 Å². The number of piperidine rings is 1. The van der Waals surface area contributed by atoms with Crippen molar-refractivity contribution < 1.29 is 18.0 Å². The first-order valence-corrected chi connectivity index (χ1v) is 10.9. The second-order valence-electron chi connectivity index (χ2n) is 8.88. The molecule has 1 saturated heterocycles. The molecular weight excluding hydrogens is 403 g/mol. The number of carbonyl (C=O) groups is 1. The molecule has 0 aromatic heterocycles. The van der Waals surface area contributed by atoms with E-state index in [1.807, 2.05) is 0 Å². The van der Waals surface area contributed by atoms with Crippen LogP contribution in [0, 0.1) is 5.82 Å². The lowest BCUT2D eigenvalue weighted by Crippen LogP contribution is -2.49. The van der Waals surface area contributed by atoms with Crippen molar-refractivity contribution in [2.24, 2.45) is 0 Å². The van der Waals surface area contributed by atoms with E-state index in [4.69, 9.17) is 0 Å². The molecule has 5 rings (SSSR count). The number of carbonyl (C=O) groups excluding carboxylic acids is 1. The van der Waals surface area contributed by atoms with E-state index in [0.29, 0.717) is 12.0 Å². The molecule has 3 heterocycles. The maximum Gasteiger partial charge on any atom is 0.310 e. The SMILES string of the molecule is CN1CCN2c3c(cccc31)C1CN(CCC(F)(F)C(=O)c3ccc(F)cc3)CCC12. The van der Waals surface area contributed by atoms with Crippen LogP contribution in [0.15, 0.2) is 42.5 Å². The lowest BCUT2D eigenvalue weighted by Gasteiger charge is -2.41. The molecule has 0 amide bonds. The number of fused-ring (bicyclic) bond motifs is 3. The number of ketones is 1. The van der Waals surface area contributed by atoms with Gasteiger partial charge in [0.2, 0.25) is 5.78 Å². The fourth-order valence-electron chi connectivity index (χ4n) is 5.40. The number of hydrogen-bond donors (Lipinski definition) is 0. The summed E-state index contributed by atoms with van der Waals surface area (Å²) in [5.41, 5.74) is 3.72. The molecule has 31 heavy (non-hydrogen) atoms. The molecule has 3 aliphatic heterocycles. The Morgan fingerprint density at radius 2 is 1.87 bits per heavy atom. The minimum atomic E-state index is -3.47. The van der Waals surface area contributed by atoms with Gasteiger partial charge in [-0.2, -0.15) is 8.78 Å². The van der Waals surface area contributed by atoms with Crippen LogP contribution in [-0.4, -0.2) is 62.4 Å². The van der Waals surface area contributed by atoms with Crippen LogP contribution < -0.4 is 9.80 Å². The van der Waals surface area contributed by atoms with E-state index in [9.17, 15) is 18.0 Å². The second kappa shape index (κ2) is 7.55. The van der Waals surface area contributed by atoms with Crippen molar-refractivity contribution in [3.8, 4) is 0 Å². The zero-order chi connectivity index (χ0) is 21.8. The molecular formula is C24H26F3N3O. The van der Waals surface area contributed by atoms with Gasteiger partial charge >= 0.3 is 5.92 Å². The van der Waals surface area contributed by atoms with Crippen molar-refractivity contribution in [2.45, 2.75) is 30.7 Å². The average Bonchev–Trinajstić information content (AvgIpc) is 3.09. The summed E-state index contributed by atoms with van der Waals surface area (Å²) in [6.07, 6.45) is 0.403. The third-order valence-electron chi connectivity index (χ3n) is 7.06. The normalized spacial score (nSPS) is 23.0. The van der Waals surface area contributed by atoms with E-state index in [2.05, 4.69) is 39.9 Å². The van der Waals surface area contributed by atoms with Crippen molar-refractivity contribution in [1.29, 1.82) is 0 Å². The van der Waals surface area contributed by atoms with Gasteiger partial charge in [0.1, 0.15) is 5.82 Å². The molecule has 4 nitrogen and oxygen atoms in total. The number of hydrogen-bond acceptors (Lipinski definition) is 4. The molecule has 0 aliphatic carbocycles. The van der Waals surface area contributed by atoms with Crippen LogP contribution >= 0.6 is 0 Å². The van der Waals surface area contributed by atoms with Gasteiger partial charge in [0, 0.05) is 63.7 Å². The molecule has 2 atom stereocenters. The largest absolute Gasteiger partial charge is 0.371 e. The van der Waals surface area contributed by atoms with E-state index in [-0.39, 0.29) is 12.1 Å². The summed E-state index contributed by atoms with van der Waals surface area (Å²) < 4.78 is 42.2. The third kappa shape index (κ3) is 3.49. The van der Waals surface area contributed by atoms with E-state index < -0.39 is 23.9 Å². The van der Waals surface area contributed by atoms with Gasteiger partial charge in [0.25, 0.3) is 0 Å². The van der Waals surface area contributed by atoms with E-state index in [0.717, 1.165) is 56.9 Å². The molecule has 1 fully saturated rings. The highest BCUT2D eigenvalue weighted by Gasteiger charge is 2.45. The molecule has 0 spiro atoms. The highest BCUT2D eigenvalue weighted by atomic mass is 19.3. The van der Waals surface area contributed by atoms with E-state index in [1.165, 1.54) is 16.9 Å². The minimum Gasteiger partial charge on any atom is -0.371 e.